The number of carbonyl (C=O) groups excluding carboxylic acids is 2. The lowest BCUT2D eigenvalue weighted by molar-refractivity contribution is -0.749. The highest BCUT2D eigenvalue weighted by Gasteiger charge is 2.57. The van der Waals surface area contributed by atoms with Crippen LogP contribution in [0.5, 0.6) is 0 Å². The zero-order valence-electron chi connectivity index (χ0n) is 20.0. The number of benzene rings is 1. The first-order valence-electron chi connectivity index (χ1n) is 11.5. The molecular formula is C25H29FN5O3+. The Balaban J connectivity index is 1.69. The van der Waals surface area contributed by atoms with E-state index in [9.17, 15) is 19.1 Å². The summed E-state index contributed by atoms with van der Waals surface area (Å²) in [5.74, 6) is -0.673. The fourth-order valence-corrected chi connectivity index (χ4v) is 5.17. The molecule has 2 aliphatic heterocycles. The van der Waals surface area contributed by atoms with Gasteiger partial charge in [-0.15, -0.1) is 0 Å². The minimum atomic E-state index is -1.49. The van der Waals surface area contributed by atoms with Crippen molar-refractivity contribution in [2.45, 2.75) is 51.8 Å². The molecule has 178 valence electrons. The smallest absolute Gasteiger partial charge is 0.313 e. The van der Waals surface area contributed by atoms with Crippen LogP contribution >= 0.6 is 0 Å². The summed E-state index contributed by atoms with van der Waals surface area (Å²) in [6.07, 6.45) is 1.74. The van der Waals surface area contributed by atoms with Crippen molar-refractivity contribution in [1.82, 2.24) is 19.4 Å². The molecule has 1 unspecified atom stereocenters. The largest absolute Gasteiger partial charge is 0.381 e. The Hall–Kier alpha value is -3.33. The van der Waals surface area contributed by atoms with E-state index in [1.807, 2.05) is 17.6 Å². The Morgan fingerprint density at radius 3 is 2.53 bits per heavy atom. The molecule has 1 aromatic carbocycles. The van der Waals surface area contributed by atoms with Crippen LogP contribution in [0.4, 0.5) is 4.39 Å². The van der Waals surface area contributed by atoms with E-state index < -0.39 is 11.3 Å². The molecule has 0 aliphatic carbocycles. The summed E-state index contributed by atoms with van der Waals surface area (Å²) < 4.78 is 17.2. The van der Waals surface area contributed by atoms with Crippen molar-refractivity contribution in [3.05, 3.63) is 53.6 Å². The van der Waals surface area contributed by atoms with Crippen molar-refractivity contribution in [2.24, 2.45) is 0 Å². The predicted octanol–water partition coefficient (Wildman–Crippen LogP) is 2.29. The number of amides is 2. The predicted molar refractivity (Wildman–Crippen MR) is 122 cm³/mol. The summed E-state index contributed by atoms with van der Waals surface area (Å²) in [5, 5.41) is 15.1. The summed E-state index contributed by atoms with van der Waals surface area (Å²) in [4.78, 5) is 29.7. The molecule has 8 nitrogen and oxygen atoms in total. The Bertz CT molecular complexity index is 1330. The number of rotatable bonds is 3. The van der Waals surface area contributed by atoms with Gasteiger partial charge in [0.05, 0.1) is 6.54 Å². The lowest BCUT2D eigenvalue weighted by Gasteiger charge is -2.43. The number of carbonyl (C=O) groups is 2. The SMILES string of the molecule is CC(C)c1cc(-c2ccc(F)cc2)nn2cc3[n+](c12)C1(C)CN(C(=O)C(C)(C)O)CCN1C3=O. The van der Waals surface area contributed by atoms with Crippen LogP contribution in [-0.4, -0.2) is 61.6 Å². The topological polar surface area (TPSA) is 82.0 Å². The van der Waals surface area contributed by atoms with Gasteiger partial charge in [0.15, 0.2) is 6.20 Å². The summed E-state index contributed by atoms with van der Waals surface area (Å²) in [6.45, 7) is 10.1. The number of halogens is 1. The lowest BCUT2D eigenvalue weighted by Crippen LogP contribution is -2.70. The van der Waals surface area contributed by atoms with Crippen LogP contribution in [-0.2, 0) is 10.5 Å². The molecule has 0 radical (unpaired) electrons. The summed E-state index contributed by atoms with van der Waals surface area (Å²) >= 11 is 0. The molecule has 1 N–H and O–H groups in total. The molecule has 2 amide bonds. The molecule has 1 atom stereocenters. The quantitative estimate of drug-likeness (QED) is 0.601. The van der Waals surface area contributed by atoms with Gasteiger partial charge in [0.2, 0.25) is 11.4 Å². The monoisotopic (exact) mass is 466 g/mol. The Kier molecular flexibility index (Phi) is 4.84. The molecule has 2 aromatic heterocycles. The summed E-state index contributed by atoms with van der Waals surface area (Å²) in [5.41, 5.74) is 1.43. The standard InChI is InChI=1S/C25H29FN5O3/c1-15(2)18-12-19(16-6-8-17(26)9-7-16)27-30-13-20-22(32)29-11-10-28(23(33)24(3,4)34)14-25(29,5)31(20)21(18)30/h6-9,12-13,15,34H,10-11,14H2,1-5H3/q+1. The summed E-state index contributed by atoms with van der Waals surface area (Å²) in [6, 6.07) is 8.17. The number of imidazole rings is 1. The molecular weight excluding hydrogens is 437 g/mol. The number of piperazine rings is 1. The van der Waals surface area contributed by atoms with Crippen molar-refractivity contribution in [2.75, 3.05) is 19.6 Å². The van der Waals surface area contributed by atoms with E-state index in [0.29, 0.717) is 24.5 Å². The van der Waals surface area contributed by atoms with Gasteiger partial charge in [-0.05, 0) is 50.1 Å². The molecule has 9 heteroatoms. The van der Waals surface area contributed by atoms with Gasteiger partial charge >= 0.3 is 11.6 Å². The number of fused-ring (bicyclic) bond motifs is 5. The zero-order valence-corrected chi connectivity index (χ0v) is 20.0. The molecule has 0 saturated carbocycles. The lowest BCUT2D eigenvalue weighted by atomic mass is 10.0. The first kappa shape index (κ1) is 22.5. The van der Waals surface area contributed by atoms with Crippen LogP contribution in [0, 0.1) is 5.82 Å². The zero-order chi connectivity index (χ0) is 24.6. The van der Waals surface area contributed by atoms with Gasteiger partial charge in [-0.3, -0.25) is 14.5 Å². The highest BCUT2D eigenvalue weighted by molar-refractivity contribution is 5.93. The van der Waals surface area contributed by atoms with Crippen molar-refractivity contribution >= 4 is 17.5 Å². The Morgan fingerprint density at radius 1 is 1.24 bits per heavy atom. The highest BCUT2D eigenvalue weighted by atomic mass is 19.1. The number of hydrogen-bond acceptors (Lipinski definition) is 4. The number of aliphatic hydroxyl groups is 1. The van der Waals surface area contributed by atoms with Crippen LogP contribution < -0.4 is 4.57 Å². The highest BCUT2D eigenvalue weighted by Crippen LogP contribution is 2.34. The number of nitrogens with zero attached hydrogens (tertiary/aromatic N) is 5. The van der Waals surface area contributed by atoms with E-state index in [4.69, 9.17) is 5.10 Å². The van der Waals surface area contributed by atoms with E-state index in [-0.39, 0.29) is 30.1 Å². The van der Waals surface area contributed by atoms with Gasteiger partial charge in [-0.1, -0.05) is 23.5 Å². The number of hydrogen-bond donors (Lipinski definition) is 1. The van der Waals surface area contributed by atoms with Crippen LogP contribution in [0.25, 0.3) is 16.9 Å². The van der Waals surface area contributed by atoms with E-state index in [1.54, 1.807) is 32.6 Å². The molecule has 5 rings (SSSR count). The van der Waals surface area contributed by atoms with Crippen molar-refractivity contribution < 1.29 is 23.7 Å². The van der Waals surface area contributed by atoms with Crippen LogP contribution in [0.15, 0.2) is 36.5 Å². The molecule has 1 saturated heterocycles. The van der Waals surface area contributed by atoms with Gasteiger partial charge in [0.1, 0.15) is 17.1 Å². The first-order chi connectivity index (χ1) is 15.9. The molecule has 0 bridgehead atoms. The maximum atomic E-state index is 13.5. The average Bonchev–Trinajstić information content (AvgIpc) is 3.26. The van der Waals surface area contributed by atoms with Crippen LogP contribution in [0.3, 0.4) is 0 Å². The maximum Gasteiger partial charge on any atom is 0.313 e. The van der Waals surface area contributed by atoms with Crippen molar-refractivity contribution in [3.8, 4) is 11.3 Å². The minimum absolute atomic E-state index is 0.110. The maximum absolute atomic E-state index is 13.5. The van der Waals surface area contributed by atoms with Gasteiger partial charge in [-0.2, -0.15) is 4.57 Å². The van der Waals surface area contributed by atoms with Gasteiger partial charge in [0, 0.05) is 31.1 Å². The van der Waals surface area contributed by atoms with Gasteiger partial charge in [0.25, 0.3) is 5.91 Å². The third-order valence-electron chi connectivity index (χ3n) is 6.86. The molecule has 4 heterocycles. The van der Waals surface area contributed by atoms with E-state index in [1.165, 1.54) is 26.0 Å². The van der Waals surface area contributed by atoms with E-state index in [0.717, 1.165) is 16.8 Å². The van der Waals surface area contributed by atoms with Crippen molar-refractivity contribution in [1.29, 1.82) is 0 Å². The second-order valence-corrected chi connectivity index (χ2v) is 10.2. The van der Waals surface area contributed by atoms with Crippen LogP contribution in [0.2, 0.25) is 0 Å². The minimum Gasteiger partial charge on any atom is -0.381 e. The molecule has 1 fully saturated rings. The molecule has 2 aliphatic rings. The second kappa shape index (κ2) is 7.33. The van der Waals surface area contributed by atoms with Crippen LogP contribution in [0.1, 0.15) is 56.6 Å². The normalized spacial score (nSPS) is 20.3. The third-order valence-corrected chi connectivity index (χ3v) is 6.86. The fraction of sp³-hybridized carbons (Fsp3) is 0.440. The Labute approximate surface area is 197 Å². The fourth-order valence-electron chi connectivity index (χ4n) is 5.17. The average molecular weight is 467 g/mol. The van der Waals surface area contributed by atoms with E-state index >= 15 is 0 Å². The Morgan fingerprint density at radius 2 is 1.91 bits per heavy atom. The molecule has 3 aromatic rings. The summed E-state index contributed by atoms with van der Waals surface area (Å²) in [7, 11) is 0. The van der Waals surface area contributed by atoms with E-state index in [2.05, 4.69) is 13.8 Å². The van der Waals surface area contributed by atoms with Gasteiger partial charge in [-0.25, -0.2) is 4.39 Å². The molecule has 0 spiro atoms. The second-order valence-electron chi connectivity index (χ2n) is 10.2. The van der Waals surface area contributed by atoms with Crippen molar-refractivity contribution in [3.63, 3.8) is 0 Å². The van der Waals surface area contributed by atoms with Gasteiger partial charge < -0.3 is 10.0 Å². The first-order valence-corrected chi connectivity index (χ1v) is 11.5. The third kappa shape index (κ3) is 3.21. The number of aromatic nitrogens is 3. The molecule has 34 heavy (non-hydrogen) atoms.